The van der Waals surface area contributed by atoms with E-state index < -0.39 is 0 Å². The van der Waals surface area contributed by atoms with Gasteiger partial charge in [-0.05, 0) is 31.0 Å². The number of Topliss-reactive ketones (excluding diaryl/α,β-unsaturated/α-hetero) is 1. The summed E-state index contributed by atoms with van der Waals surface area (Å²) >= 11 is 0. The maximum Gasteiger partial charge on any atom is 0.229 e. The van der Waals surface area contributed by atoms with Gasteiger partial charge in [0.05, 0.1) is 6.42 Å². The Balaban J connectivity index is 2.45. The average Bonchev–Trinajstić information content (AvgIpc) is 2.25. The van der Waals surface area contributed by atoms with Gasteiger partial charge in [0.2, 0.25) is 5.91 Å². The predicted molar refractivity (Wildman–Crippen MR) is 63.0 cm³/mol. The van der Waals surface area contributed by atoms with Crippen LogP contribution in [0.3, 0.4) is 0 Å². The fourth-order valence-electron chi connectivity index (χ4n) is 1.46. The zero-order valence-corrected chi connectivity index (χ0v) is 10.1. The highest BCUT2D eigenvalue weighted by Gasteiger charge is 2.10. The Labute approximate surface area is 100 Å². The van der Waals surface area contributed by atoms with Crippen LogP contribution in [0.1, 0.15) is 18.9 Å². The lowest BCUT2D eigenvalue weighted by Gasteiger charge is -2.16. The Hall–Kier alpha value is -1.71. The quantitative estimate of drug-likeness (QED) is 0.732. The molecule has 0 unspecified atom stereocenters. The molecule has 0 saturated heterocycles. The third kappa shape index (κ3) is 4.76. The van der Waals surface area contributed by atoms with E-state index in [4.69, 9.17) is 0 Å². The summed E-state index contributed by atoms with van der Waals surface area (Å²) in [6.07, 6.45) is 0.511. The molecule has 17 heavy (non-hydrogen) atoms. The van der Waals surface area contributed by atoms with Crippen molar-refractivity contribution in [2.45, 2.75) is 19.8 Å². The molecule has 0 aliphatic heterocycles. The van der Waals surface area contributed by atoms with E-state index >= 15 is 0 Å². The predicted octanol–water partition coefficient (Wildman–Crippen LogP) is 1.81. The normalized spacial score (nSPS) is 10.1. The molecule has 0 saturated carbocycles. The molecule has 1 aromatic carbocycles. The number of rotatable bonds is 5. The molecular formula is C13H16FNO2. The van der Waals surface area contributed by atoms with E-state index in [-0.39, 0.29) is 23.9 Å². The lowest BCUT2D eigenvalue weighted by Crippen LogP contribution is -2.30. The van der Waals surface area contributed by atoms with Crippen molar-refractivity contribution in [3.8, 4) is 0 Å². The third-order valence-corrected chi connectivity index (χ3v) is 2.45. The zero-order valence-electron chi connectivity index (χ0n) is 10.1. The van der Waals surface area contributed by atoms with Crippen LogP contribution >= 0.6 is 0 Å². The van der Waals surface area contributed by atoms with Crippen LogP contribution in [0.25, 0.3) is 0 Å². The molecular weight excluding hydrogens is 221 g/mol. The van der Waals surface area contributed by atoms with Crippen molar-refractivity contribution in [1.82, 2.24) is 4.90 Å². The number of likely N-dealkylation sites (N-methyl/N-ethyl adjacent to an activating group) is 1. The minimum Gasteiger partial charge on any atom is -0.345 e. The van der Waals surface area contributed by atoms with Crippen LogP contribution in [0.15, 0.2) is 24.3 Å². The van der Waals surface area contributed by atoms with Crippen LogP contribution in [-0.2, 0) is 16.0 Å². The third-order valence-electron chi connectivity index (χ3n) is 2.45. The molecule has 92 valence electrons. The topological polar surface area (TPSA) is 37.4 Å². The van der Waals surface area contributed by atoms with E-state index in [0.717, 1.165) is 5.56 Å². The van der Waals surface area contributed by atoms with Crippen molar-refractivity contribution < 1.29 is 14.0 Å². The molecule has 4 heteroatoms. The van der Waals surface area contributed by atoms with Crippen LogP contribution in [-0.4, -0.2) is 30.2 Å². The Morgan fingerprint density at radius 1 is 1.35 bits per heavy atom. The van der Waals surface area contributed by atoms with E-state index in [2.05, 4.69) is 0 Å². The minimum absolute atomic E-state index is 0.0698. The fraction of sp³-hybridized carbons (Fsp3) is 0.385. The van der Waals surface area contributed by atoms with E-state index in [1.54, 1.807) is 13.1 Å². The van der Waals surface area contributed by atoms with Gasteiger partial charge in [0, 0.05) is 13.6 Å². The standard InChI is InChI=1S/C13H16FNO2/c1-10(16)8-13(17)15(2)7-6-11-4-3-5-12(14)9-11/h3-5,9H,6-8H2,1-2H3. The molecule has 0 heterocycles. The van der Waals surface area contributed by atoms with Gasteiger partial charge in [0.15, 0.2) is 0 Å². The van der Waals surface area contributed by atoms with Gasteiger partial charge >= 0.3 is 0 Å². The lowest BCUT2D eigenvalue weighted by atomic mass is 10.1. The molecule has 0 radical (unpaired) electrons. The number of halogens is 1. The van der Waals surface area contributed by atoms with Crippen molar-refractivity contribution >= 4 is 11.7 Å². The van der Waals surface area contributed by atoms with Gasteiger partial charge in [-0.25, -0.2) is 4.39 Å². The van der Waals surface area contributed by atoms with Crippen molar-refractivity contribution in [3.63, 3.8) is 0 Å². The number of carbonyl (C=O) groups is 2. The summed E-state index contributed by atoms with van der Waals surface area (Å²) in [5.41, 5.74) is 0.840. The number of hydrogen-bond acceptors (Lipinski definition) is 2. The van der Waals surface area contributed by atoms with Crippen molar-refractivity contribution in [3.05, 3.63) is 35.6 Å². The highest BCUT2D eigenvalue weighted by molar-refractivity contribution is 5.96. The number of amides is 1. The van der Waals surface area contributed by atoms with Crippen LogP contribution in [0.2, 0.25) is 0 Å². The van der Waals surface area contributed by atoms with Crippen molar-refractivity contribution in [2.75, 3.05) is 13.6 Å². The van der Waals surface area contributed by atoms with Crippen molar-refractivity contribution in [2.24, 2.45) is 0 Å². The monoisotopic (exact) mass is 237 g/mol. The van der Waals surface area contributed by atoms with E-state index in [1.807, 2.05) is 6.07 Å². The second-order valence-corrected chi connectivity index (χ2v) is 4.07. The number of benzene rings is 1. The summed E-state index contributed by atoms with van der Waals surface area (Å²) in [4.78, 5) is 23.7. The van der Waals surface area contributed by atoms with Gasteiger partial charge in [-0.1, -0.05) is 12.1 Å². The second-order valence-electron chi connectivity index (χ2n) is 4.07. The first-order valence-corrected chi connectivity index (χ1v) is 5.47. The molecule has 3 nitrogen and oxygen atoms in total. The van der Waals surface area contributed by atoms with E-state index in [0.29, 0.717) is 13.0 Å². The highest BCUT2D eigenvalue weighted by atomic mass is 19.1. The average molecular weight is 237 g/mol. The van der Waals surface area contributed by atoms with Crippen LogP contribution < -0.4 is 0 Å². The summed E-state index contributed by atoms with van der Waals surface area (Å²) in [5, 5.41) is 0. The number of nitrogens with zero attached hydrogens (tertiary/aromatic N) is 1. The Kier molecular flexibility index (Phi) is 4.82. The molecule has 0 aliphatic carbocycles. The fourth-order valence-corrected chi connectivity index (χ4v) is 1.46. The lowest BCUT2D eigenvalue weighted by molar-refractivity contribution is -0.133. The molecule has 0 fully saturated rings. The van der Waals surface area contributed by atoms with Gasteiger partial charge in [-0.3, -0.25) is 9.59 Å². The van der Waals surface area contributed by atoms with E-state index in [1.165, 1.54) is 24.0 Å². The first kappa shape index (κ1) is 13.4. The molecule has 0 atom stereocenters. The Bertz CT molecular complexity index is 418. The van der Waals surface area contributed by atoms with Gasteiger partial charge in [-0.2, -0.15) is 0 Å². The summed E-state index contributed by atoms with van der Waals surface area (Å²) in [5.74, 6) is -0.623. The summed E-state index contributed by atoms with van der Waals surface area (Å²) in [6, 6.07) is 6.28. The molecule has 0 bridgehead atoms. The number of carbonyl (C=O) groups excluding carboxylic acids is 2. The highest BCUT2D eigenvalue weighted by Crippen LogP contribution is 2.05. The molecule has 1 aromatic rings. The van der Waals surface area contributed by atoms with Crippen LogP contribution in [0.5, 0.6) is 0 Å². The van der Waals surface area contributed by atoms with Gasteiger partial charge < -0.3 is 4.90 Å². The SMILES string of the molecule is CC(=O)CC(=O)N(C)CCc1cccc(F)c1. The molecule has 0 aromatic heterocycles. The first-order valence-electron chi connectivity index (χ1n) is 5.47. The summed E-state index contributed by atoms with van der Waals surface area (Å²) in [7, 11) is 1.64. The molecule has 1 rings (SSSR count). The molecule has 0 spiro atoms. The Morgan fingerprint density at radius 3 is 2.65 bits per heavy atom. The summed E-state index contributed by atoms with van der Waals surface area (Å²) < 4.78 is 12.9. The largest absolute Gasteiger partial charge is 0.345 e. The zero-order chi connectivity index (χ0) is 12.8. The second kappa shape index (κ2) is 6.13. The number of hydrogen-bond donors (Lipinski definition) is 0. The molecule has 1 amide bonds. The van der Waals surface area contributed by atoms with Gasteiger partial charge in [0.25, 0.3) is 0 Å². The summed E-state index contributed by atoms with van der Waals surface area (Å²) in [6.45, 7) is 1.87. The van der Waals surface area contributed by atoms with Crippen LogP contribution in [0.4, 0.5) is 4.39 Å². The first-order chi connectivity index (χ1) is 7.99. The molecule has 0 aliphatic rings. The minimum atomic E-state index is -0.278. The van der Waals surface area contributed by atoms with Gasteiger partial charge in [0.1, 0.15) is 11.6 Å². The maximum atomic E-state index is 12.9. The maximum absolute atomic E-state index is 12.9. The van der Waals surface area contributed by atoms with Crippen LogP contribution in [0, 0.1) is 5.82 Å². The Morgan fingerprint density at radius 2 is 2.06 bits per heavy atom. The molecule has 0 N–H and O–H groups in total. The van der Waals surface area contributed by atoms with Gasteiger partial charge in [-0.15, -0.1) is 0 Å². The number of ketones is 1. The van der Waals surface area contributed by atoms with E-state index in [9.17, 15) is 14.0 Å². The van der Waals surface area contributed by atoms with Crippen molar-refractivity contribution in [1.29, 1.82) is 0 Å². The smallest absolute Gasteiger partial charge is 0.229 e.